The number of anilines is 1. The van der Waals surface area contributed by atoms with Gasteiger partial charge in [0.05, 0.1) is 11.3 Å². The van der Waals surface area contributed by atoms with Gasteiger partial charge in [-0.1, -0.05) is 24.6 Å². The maximum atomic E-state index is 10.1. The molecule has 1 saturated heterocycles. The Balaban J connectivity index is 1.32. The van der Waals surface area contributed by atoms with E-state index >= 15 is 0 Å². The third-order valence-corrected chi connectivity index (χ3v) is 7.19. The van der Waals surface area contributed by atoms with Gasteiger partial charge in [0.15, 0.2) is 11.5 Å². The first-order chi connectivity index (χ1) is 15.8. The Morgan fingerprint density at radius 1 is 1.03 bits per heavy atom. The highest BCUT2D eigenvalue weighted by Gasteiger charge is 2.30. The lowest BCUT2D eigenvalue weighted by Gasteiger charge is -2.36. The minimum atomic E-state index is 0.286. The van der Waals surface area contributed by atoms with E-state index in [2.05, 4.69) is 22.4 Å². The molecule has 0 spiro atoms. The van der Waals surface area contributed by atoms with Crippen molar-refractivity contribution in [3.05, 3.63) is 42.0 Å². The molecule has 2 atom stereocenters. The molecule has 0 radical (unpaired) electrons. The highest BCUT2D eigenvalue weighted by Crippen LogP contribution is 2.38. The molecule has 3 aliphatic rings. The minimum Gasteiger partial charge on any atom is -0.486 e. The summed E-state index contributed by atoms with van der Waals surface area (Å²) in [5.74, 6) is 1.90. The summed E-state index contributed by atoms with van der Waals surface area (Å²) in [6, 6.07) is 15.4. The van der Waals surface area contributed by atoms with Crippen LogP contribution in [-0.4, -0.2) is 50.1 Å². The fourth-order valence-electron chi connectivity index (χ4n) is 5.44. The van der Waals surface area contributed by atoms with E-state index in [0.29, 0.717) is 36.8 Å². The molecule has 1 aliphatic carbocycles. The van der Waals surface area contributed by atoms with Crippen molar-refractivity contribution in [2.75, 3.05) is 37.8 Å². The van der Waals surface area contributed by atoms with Crippen LogP contribution >= 0.6 is 0 Å². The molecule has 2 fully saturated rings. The van der Waals surface area contributed by atoms with Crippen LogP contribution in [0.3, 0.4) is 0 Å². The van der Waals surface area contributed by atoms with E-state index in [9.17, 15) is 10.4 Å². The zero-order valence-corrected chi connectivity index (χ0v) is 18.4. The lowest BCUT2D eigenvalue weighted by molar-refractivity contribution is 0.171. The number of rotatable bonds is 5. The maximum absolute atomic E-state index is 10.1. The van der Waals surface area contributed by atoms with E-state index in [0.717, 1.165) is 60.7 Å². The monoisotopic (exact) mass is 433 g/mol. The molecule has 32 heavy (non-hydrogen) atoms. The zero-order valence-electron chi connectivity index (χ0n) is 18.4. The van der Waals surface area contributed by atoms with E-state index in [1.807, 2.05) is 30.3 Å². The Kier molecular flexibility index (Phi) is 6.20. The van der Waals surface area contributed by atoms with Gasteiger partial charge in [0.25, 0.3) is 0 Å². The molecule has 2 aromatic carbocycles. The first-order valence-electron chi connectivity index (χ1n) is 11.8. The number of aliphatic hydroxyl groups is 1. The number of ether oxygens (including phenoxy) is 2. The SMILES string of the molecule is N#Cc1c(-c2ccc3c(c2)OCCO3)cccc1N1CCC(N[C@@H]2CCC[C@@H]2CO)CC1. The van der Waals surface area contributed by atoms with Gasteiger partial charge < -0.3 is 24.8 Å². The molecular formula is C26H31N3O3. The van der Waals surface area contributed by atoms with Gasteiger partial charge in [-0.2, -0.15) is 5.26 Å². The van der Waals surface area contributed by atoms with Crippen LogP contribution in [0.2, 0.25) is 0 Å². The van der Waals surface area contributed by atoms with Gasteiger partial charge in [-0.15, -0.1) is 0 Å². The van der Waals surface area contributed by atoms with Gasteiger partial charge in [-0.25, -0.2) is 0 Å². The van der Waals surface area contributed by atoms with Gasteiger partial charge in [0.1, 0.15) is 19.3 Å². The second-order valence-corrected chi connectivity index (χ2v) is 9.08. The molecule has 0 aromatic heterocycles. The third kappa shape index (κ3) is 4.15. The van der Waals surface area contributed by atoms with Crippen LogP contribution in [0.15, 0.2) is 36.4 Å². The van der Waals surface area contributed by atoms with Crippen LogP contribution in [0, 0.1) is 17.2 Å². The van der Waals surface area contributed by atoms with Crippen molar-refractivity contribution < 1.29 is 14.6 Å². The average Bonchev–Trinajstić information content (AvgIpc) is 3.30. The Hall–Kier alpha value is -2.75. The minimum absolute atomic E-state index is 0.286. The fraction of sp³-hybridized carbons (Fsp3) is 0.500. The Bertz CT molecular complexity index is 994. The average molecular weight is 434 g/mol. The van der Waals surface area contributed by atoms with E-state index in [-0.39, 0.29) is 6.61 Å². The molecule has 0 amide bonds. The number of benzene rings is 2. The van der Waals surface area contributed by atoms with Gasteiger partial charge in [0, 0.05) is 37.3 Å². The second-order valence-electron chi connectivity index (χ2n) is 9.08. The Morgan fingerprint density at radius 3 is 2.62 bits per heavy atom. The summed E-state index contributed by atoms with van der Waals surface area (Å²) < 4.78 is 11.4. The molecule has 1 saturated carbocycles. The molecule has 6 nitrogen and oxygen atoms in total. The summed E-state index contributed by atoms with van der Waals surface area (Å²) in [5.41, 5.74) is 3.62. The molecule has 0 unspecified atom stereocenters. The standard InChI is InChI=1S/C26H31N3O3/c27-16-22-21(18-7-8-25-26(15-18)32-14-13-31-25)4-2-6-24(22)29-11-9-20(10-12-29)28-23-5-1-3-19(23)17-30/h2,4,6-8,15,19-20,23,28,30H,1,3,5,9-14,17H2/t19-,23-/m1/s1. The van der Waals surface area contributed by atoms with Crippen LogP contribution in [0.25, 0.3) is 11.1 Å². The third-order valence-electron chi connectivity index (χ3n) is 7.19. The van der Waals surface area contributed by atoms with Crippen molar-refractivity contribution in [1.29, 1.82) is 5.26 Å². The van der Waals surface area contributed by atoms with E-state index in [1.54, 1.807) is 0 Å². The number of nitrogens with zero attached hydrogens (tertiary/aromatic N) is 2. The highest BCUT2D eigenvalue weighted by atomic mass is 16.6. The molecule has 2 aliphatic heterocycles. The van der Waals surface area contributed by atoms with Gasteiger partial charge >= 0.3 is 0 Å². The number of hydrogen-bond acceptors (Lipinski definition) is 6. The molecule has 168 valence electrons. The first-order valence-corrected chi connectivity index (χ1v) is 11.8. The topological polar surface area (TPSA) is 77.8 Å². The summed E-state index contributed by atoms with van der Waals surface area (Å²) in [6.07, 6.45) is 5.61. The number of aliphatic hydroxyl groups excluding tert-OH is 1. The van der Waals surface area contributed by atoms with Gasteiger partial charge in [-0.05, 0) is 55.4 Å². The normalized spacial score (nSPS) is 23.2. The highest BCUT2D eigenvalue weighted by molar-refractivity contribution is 5.79. The summed E-state index contributed by atoms with van der Waals surface area (Å²) in [7, 11) is 0. The molecule has 6 heteroatoms. The quantitative estimate of drug-likeness (QED) is 0.748. The summed E-state index contributed by atoms with van der Waals surface area (Å²) in [6.45, 7) is 3.25. The smallest absolute Gasteiger partial charge is 0.161 e. The Morgan fingerprint density at radius 2 is 1.84 bits per heavy atom. The van der Waals surface area contributed by atoms with Crippen LogP contribution in [-0.2, 0) is 0 Å². The Labute approximate surface area is 189 Å². The van der Waals surface area contributed by atoms with E-state index in [1.165, 1.54) is 12.8 Å². The molecule has 2 N–H and O–H groups in total. The molecule has 0 bridgehead atoms. The number of nitrogens with one attached hydrogen (secondary N) is 1. The van der Waals surface area contributed by atoms with Gasteiger partial charge in [0.2, 0.25) is 0 Å². The molecule has 2 heterocycles. The van der Waals surface area contributed by atoms with Crippen LogP contribution in [0.1, 0.15) is 37.7 Å². The van der Waals surface area contributed by atoms with Crippen LogP contribution < -0.4 is 19.7 Å². The number of piperidine rings is 1. The van der Waals surface area contributed by atoms with Crippen molar-refractivity contribution in [3.8, 4) is 28.7 Å². The summed E-state index contributed by atoms with van der Waals surface area (Å²) in [4.78, 5) is 2.34. The number of hydrogen-bond donors (Lipinski definition) is 2. The lowest BCUT2D eigenvalue weighted by atomic mass is 9.95. The van der Waals surface area contributed by atoms with Crippen molar-refractivity contribution in [1.82, 2.24) is 5.32 Å². The molecule has 2 aromatic rings. The van der Waals surface area contributed by atoms with Crippen molar-refractivity contribution >= 4 is 5.69 Å². The number of fused-ring (bicyclic) bond motifs is 1. The molecular weight excluding hydrogens is 402 g/mol. The van der Waals surface area contributed by atoms with E-state index < -0.39 is 0 Å². The maximum Gasteiger partial charge on any atom is 0.161 e. The van der Waals surface area contributed by atoms with Crippen molar-refractivity contribution in [3.63, 3.8) is 0 Å². The van der Waals surface area contributed by atoms with E-state index in [4.69, 9.17) is 9.47 Å². The summed E-state index contributed by atoms with van der Waals surface area (Å²) in [5, 5.41) is 23.5. The second kappa shape index (κ2) is 9.40. The zero-order chi connectivity index (χ0) is 21.9. The lowest BCUT2D eigenvalue weighted by Crippen LogP contribution is -2.47. The van der Waals surface area contributed by atoms with Crippen molar-refractivity contribution in [2.24, 2.45) is 5.92 Å². The first kappa shape index (κ1) is 21.1. The predicted molar refractivity (Wildman–Crippen MR) is 124 cm³/mol. The largest absolute Gasteiger partial charge is 0.486 e. The van der Waals surface area contributed by atoms with Crippen LogP contribution in [0.4, 0.5) is 5.69 Å². The predicted octanol–water partition coefficient (Wildman–Crippen LogP) is 3.72. The van der Waals surface area contributed by atoms with Gasteiger partial charge in [-0.3, -0.25) is 0 Å². The molecule has 5 rings (SSSR count). The summed E-state index contributed by atoms with van der Waals surface area (Å²) >= 11 is 0. The van der Waals surface area contributed by atoms with Crippen molar-refractivity contribution in [2.45, 2.75) is 44.2 Å². The number of nitriles is 1. The fourth-order valence-corrected chi connectivity index (χ4v) is 5.44. The van der Waals surface area contributed by atoms with Crippen LogP contribution in [0.5, 0.6) is 11.5 Å².